The van der Waals surface area contributed by atoms with Gasteiger partial charge in [0.15, 0.2) is 0 Å². The molecule has 0 aliphatic carbocycles. The van der Waals surface area contributed by atoms with Crippen molar-refractivity contribution < 1.29 is 9.90 Å². The Morgan fingerprint density at radius 3 is 2.87 bits per heavy atom. The van der Waals surface area contributed by atoms with Crippen LogP contribution in [0.4, 0.5) is 0 Å². The molecular formula is C23H28N6O2. The summed E-state index contributed by atoms with van der Waals surface area (Å²) in [6.07, 6.45) is 6.39. The Bertz CT molecular complexity index is 1020. The van der Waals surface area contributed by atoms with E-state index in [-0.39, 0.29) is 24.0 Å². The number of amides is 1. The fraction of sp³-hybridized carbons (Fsp3) is 0.435. The summed E-state index contributed by atoms with van der Waals surface area (Å²) >= 11 is 0. The van der Waals surface area contributed by atoms with Crippen LogP contribution in [0.5, 0.6) is 0 Å². The number of fused-ring (bicyclic) bond motifs is 1. The van der Waals surface area contributed by atoms with Crippen LogP contribution < -0.4 is 0 Å². The lowest BCUT2D eigenvalue weighted by Crippen LogP contribution is -2.63. The summed E-state index contributed by atoms with van der Waals surface area (Å²) in [7, 11) is 0. The van der Waals surface area contributed by atoms with Crippen molar-refractivity contribution in [1.82, 2.24) is 30.0 Å². The zero-order valence-electron chi connectivity index (χ0n) is 17.5. The maximum atomic E-state index is 13.3. The zero-order valence-corrected chi connectivity index (χ0v) is 17.5. The molecule has 5 rings (SSSR count). The van der Waals surface area contributed by atoms with Gasteiger partial charge in [0.25, 0.3) is 5.91 Å². The molecule has 0 saturated carbocycles. The van der Waals surface area contributed by atoms with Crippen LogP contribution in [0.2, 0.25) is 0 Å². The van der Waals surface area contributed by atoms with Gasteiger partial charge >= 0.3 is 0 Å². The number of hydrogen-bond acceptors (Lipinski definition) is 5. The molecular weight excluding hydrogens is 392 g/mol. The second-order valence-corrected chi connectivity index (χ2v) is 8.72. The van der Waals surface area contributed by atoms with E-state index in [1.807, 2.05) is 47.5 Å². The minimum absolute atomic E-state index is 0.0340. The number of aromatic nitrogens is 4. The molecule has 0 radical (unpaired) electrons. The summed E-state index contributed by atoms with van der Waals surface area (Å²) in [5.74, 6) is -0.0340. The van der Waals surface area contributed by atoms with Crippen molar-refractivity contribution in [2.24, 2.45) is 5.41 Å². The average Bonchev–Trinajstić information content (AvgIpc) is 3.51. The molecule has 4 heterocycles. The number of benzene rings is 1. The Labute approximate surface area is 181 Å². The fourth-order valence-electron chi connectivity index (χ4n) is 5.19. The highest BCUT2D eigenvalue weighted by Gasteiger charge is 2.48. The van der Waals surface area contributed by atoms with Crippen LogP contribution in [-0.2, 0) is 6.54 Å². The summed E-state index contributed by atoms with van der Waals surface area (Å²) in [6.45, 7) is 3.11. The van der Waals surface area contributed by atoms with Gasteiger partial charge in [-0.2, -0.15) is 5.10 Å². The van der Waals surface area contributed by atoms with Crippen molar-refractivity contribution in [3.8, 4) is 11.3 Å². The van der Waals surface area contributed by atoms with Crippen LogP contribution >= 0.6 is 0 Å². The van der Waals surface area contributed by atoms with Gasteiger partial charge in [-0.05, 0) is 31.9 Å². The highest BCUT2D eigenvalue weighted by Crippen LogP contribution is 2.42. The van der Waals surface area contributed by atoms with Crippen molar-refractivity contribution in [2.45, 2.75) is 31.8 Å². The molecule has 0 spiro atoms. The molecule has 2 atom stereocenters. The Balaban J connectivity index is 1.35. The van der Waals surface area contributed by atoms with Crippen LogP contribution in [0.1, 0.15) is 35.4 Å². The van der Waals surface area contributed by atoms with Gasteiger partial charge in [-0.15, -0.1) is 0 Å². The van der Waals surface area contributed by atoms with Gasteiger partial charge in [-0.3, -0.25) is 14.8 Å². The van der Waals surface area contributed by atoms with E-state index in [0.29, 0.717) is 18.8 Å². The summed E-state index contributed by atoms with van der Waals surface area (Å²) in [4.78, 5) is 24.9. The molecule has 2 saturated heterocycles. The fourth-order valence-corrected chi connectivity index (χ4v) is 5.19. The third-order valence-corrected chi connectivity index (χ3v) is 6.95. The monoisotopic (exact) mass is 420 g/mol. The lowest BCUT2D eigenvalue weighted by atomic mass is 9.69. The molecule has 162 valence electrons. The number of nitrogens with zero attached hydrogens (tertiary/aromatic N) is 4. The van der Waals surface area contributed by atoms with Crippen molar-refractivity contribution in [3.05, 3.63) is 60.3 Å². The number of piperidine rings is 2. The Morgan fingerprint density at radius 1 is 1.23 bits per heavy atom. The SMILES string of the molecule is O=C(c1cc(-c2ccccc2)n[nH]1)N1CC[C@]2(CO)CCCN(Cc3cnc[nH]3)[C@H]2C1. The smallest absolute Gasteiger partial charge is 0.271 e. The van der Waals surface area contributed by atoms with Gasteiger partial charge in [-0.1, -0.05) is 30.3 Å². The third kappa shape index (κ3) is 3.77. The molecule has 3 aromatic rings. The molecule has 0 unspecified atom stereocenters. The molecule has 31 heavy (non-hydrogen) atoms. The maximum absolute atomic E-state index is 13.3. The van der Waals surface area contributed by atoms with E-state index in [4.69, 9.17) is 0 Å². The van der Waals surface area contributed by atoms with Gasteiger partial charge in [0.05, 0.1) is 18.6 Å². The molecule has 2 aliphatic rings. The maximum Gasteiger partial charge on any atom is 0.271 e. The van der Waals surface area contributed by atoms with Gasteiger partial charge in [0.2, 0.25) is 0 Å². The lowest BCUT2D eigenvalue weighted by Gasteiger charge is -2.54. The van der Waals surface area contributed by atoms with E-state index in [1.54, 1.807) is 6.33 Å². The van der Waals surface area contributed by atoms with E-state index < -0.39 is 0 Å². The van der Waals surface area contributed by atoms with Gasteiger partial charge in [0, 0.05) is 48.5 Å². The number of hydrogen-bond donors (Lipinski definition) is 3. The predicted molar refractivity (Wildman–Crippen MR) is 116 cm³/mol. The topological polar surface area (TPSA) is 101 Å². The van der Waals surface area contributed by atoms with Gasteiger partial charge in [0.1, 0.15) is 5.69 Å². The standard InChI is InChI=1S/C23H28N6O2/c30-15-23-7-4-9-28(13-18-12-24-16-25-18)21(23)14-29(10-8-23)22(31)20-11-19(26-27-20)17-5-2-1-3-6-17/h1-3,5-6,11-12,16,21,30H,4,7-10,13-15H2,(H,24,25)(H,26,27)/t21-,23-/m0/s1. The zero-order chi connectivity index (χ0) is 21.3. The highest BCUT2D eigenvalue weighted by molar-refractivity contribution is 5.93. The number of nitrogens with one attached hydrogen (secondary N) is 2. The van der Waals surface area contributed by atoms with Crippen LogP contribution in [-0.4, -0.2) is 73.3 Å². The number of H-pyrrole nitrogens is 2. The largest absolute Gasteiger partial charge is 0.396 e. The number of carbonyl (C=O) groups is 1. The molecule has 2 fully saturated rings. The number of aromatic amines is 2. The van der Waals surface area contributed by atoms with Gasteiger partial charge in [-0.25, -0.2) is 4.98 Å². The minimum atomic E-state index is -0.155. The van der Waals surface area contributed by atoms with Crippen LogP contribution in [0.3, 0.4) is 0 Å². The van der Waals surface area contributed by atoms with E-state index >= 15 is 0 Å². The molecule has 2 aliphatic heterocycles. The number of imidazole rings is 1. The van der Waals surface area contributed by atoms with E-state index in [2.05, 4.69) is 25.1 Å². The van der Waals surface area contributed by atoms with Crippen molar-refractivity contribution in [3.63, 3.8) is 0 Å². The summed E-state index contributed by atoms with van der Waals surface area (Å²) in [5.41, 5.74) is 3.15. The van der Waals surface area contributed by atoms with Crippen LogP contribution in [0, 0.1) is 5.41 Å². The predicted octanol–water partition coefficient (Wildman–Crippen LogP) is 2.29. The van der Waals surface area contributed by atoms with Crippen LogP contribution in [0.15, 0.2) is 48.9 Å². The molecule has 0 bridgehead atoms. The number of aliphatic hydroxyl groups excluding tert-OH is 1. The normalized spacial score (nSPS) is 24.2. The molecule has 8 nitrogen and oxygen atoms in total. The quantitative estimate of drug-likeness (QED) is 0.588. The molecule has 1 aromatic carbocycles. The molecule has 1 amide bonds. The third-order valence-electron chi connectivity index (χ3n) is 6.95. The number of rotatable bonds is 5. The van der Waals surface area contributed by atoms with E-state index in [9.17, 15) is 9.90 Å². The first-order chi connectivity index (χ1) is 15.2. The van der Waals surface area contributed by atoms with Crippen molar-refractivity contribution in [1.29, 1.82) is 0 Å². The number of aliphatic hydroxyl groups is 1. The molecule has 2 aromatic heterocycles. The Kier molecular flexibility index (Phi) is 5.33. The van der Waals surface area contributed by atoms with Crippen molar-refractivity contribution >= 4 is 5.91 Å². The van der Waals surface area contributed by atoms with Crippen molar-refractivity contribution in [2.75, 3.05) is 26.2 Å². The van der Waals surface area contributed by atoms with Gasteiger partial charge < -0.3 is 15.0 Å². The minimum Gasteiger partial charge on any atom is -0.396 e. The molecule has 3 N–H and O–H groups in total. The lowest BCUT2D eigenvalue weighted by molar-refractivity contribution is -0.0730. The van der Waals surface area contributed by atoms with Crippen LogP contribution in [0.25, 0.3) is 11.3 Å². The summed E-state index contributed by atoms with van der Waals surface area (Å²) in [5, 5.41) is 17.6. The first-order valence-electron chi connectivity index (χ1n) is 10.9. The number of likely N-dealkylation sites (tertiary alicyclic amines) is 2. The number of carbonyl (C=O) groups excluding carboxylic acids is 1. The Hall–Kier alpha value is -2.97. The van der Waals surface area contributed by atoms with E-state index in [0.717, 1.165) is 49.3 Å². The highest BCUT2D eigenvalue weighted by atomic mass is 16.3. The first kappa shape index (κ1) is 20.0. The second-order valence-electron chi connectivity index (χ2n) is 8.72. The second kappa shape index (κ2) is 8.28. The first-order valence-corrected chi connectivity index (χ1v) is 10.9. The van der Waals surface area contributed by atoms with E-state index in [1.165, 1.54) is 0 Å². The average molecular weight is 421 g/mol. The molecule has 8 heteroatoms. The summed E-state index contributed by atoms with van der Waals surface area (Å²) in [6, 6.07) is 11.8. The summed E-state index contributed by atoms with van der Waals surface area (Å²) < 4.78 is 0. The Morgan fingerprint density at radius 2 is 2.10 bits per heavy atom.